The van der Waals surface area contributed by atoms with Gasteiger partial charge < -0.3 is 19.4 Å². The quantitative estimate of drug-likeness (QED) is 0.558. The molecule has 2 heterocycles. The summed E-state index contributed by atoms with van der Waals surface area (Å²) in [5.41, 5.74) is 0.615. The van der Waals surface area contributed by atoms with E-state index >= 15 is 0 Å². The average Bonchev–Trinajstić information content (AvgIpc) is 3.34. The molecule has 0 saturated carbocycles. The zero-order chi connectivity index (χ0) is 22.5. The van der Waals surface area contributed by atoms with Gasteiger partial charge >= 0.3 is 0 Å². The fourth-order valence-corrected chi connectivity index (χ4v) is 3.79. The van der Waals surface area contributed by atoms with Crippen molar-refractivity contribution in [2.24, 2.45) is 0 Å². The van der Waals surface area contributed by atoms with Crippen molar-refractivity contribution in [2.75, 3.05) is 25.6 Å². The molecule has 1 N–H and O–H groups in total. The summed E-state index contributed by atoms with van der Waals surface area (Å²) in [5.74, 6) is -3.55. The molecule has 0 fully saturated rings. The predicted octanol–water partition coefficient (Wildman–Crippen LogP) is 4.17. The molecular formula is C21H21F2N3O4S. The standard InChI is InChI=1S/C21H21F2N3O4S/c1-12-4-7-31-18(12)10-26(5-6-29-3)21(28)14-8-17(16(23)9-15(14)22)25-20(27)19-13(2)24-11-30-19/h4,7-9,11H,5-6,10H2,1-3H3,(H,25,27). The lowest BCUT2D eigenvalue weighted by Crippen LogP contribution is -2.34. The maximum atomic E-state index is 14.5. The van der Waals surface area contributed by atoms with Crippen LogP contribution in [0.2, 0.25) is 0 Å². The molecule has 31 heavy (non-hydrogen) atoms. The van der Waals surface area contributed by atoms with Gasteiger partial charge in [-0.1, -0.05) is 0 Å². The molecule has 164 valence electrons. The number of thiophene rings is 1. The number of benzene rings is 1. The van der Waals surface area contributed by atoms with Crippen LogP contribution in [0.3, 0.4) is 0 Å². The predicted molar refractivity (Wildman–Crippen MR) is 111 cm³/mol. The Morgan fingerprint density at radius 1 is 1.26 bits per heavy atom. The molecule has 0 radical (unpaired) electrons. The van der Waals surface area contributed by atoms with Crippen molar-refractivity contribution < 1.29 is 27.5 Å². The number of hydrogen-bond acceptors (Lipinski definition) is 6. The third-order valence-electron chi connectivity index (χ3n) is 4.64. The Morgan fingerprint density at radius 2 is 2.03 bits per heavy atom. The highest BCUT2D eigenvalue weighted by molar-refractivity contribution is 7.10. The molecular weight excluding hydrogens is 428 g/mol. The summed E-state index contributed by atoms with van der Waals surface area (Å²) >= 11 is 1.48. The van der Waals surface area contributed by atoms with Crippen molar-refractivity contribution in [1.82, 2.24) is 9.88 Å². The van der Waals surface area contributed by atoms with Crippen LogP contribution in [0.4, 0.5) is 14.5 Å². The van der Waals surface area contributed by atoms with E-state index in [1.165, 1.54) is 23.3 Å². The fraction of sp³-hybridized carbons (Fsp3) is 0.286. The van der Waals surface area contributed by atoms with E-state index in [1.807, 2.05) is 18.4 Å². The summed E-state index contributed by atoms with van der Waals surface area (Å²) in [4.78, 5) is 31.6. The lowest BCUT2D eigenvalue weighted by atomic mass is 10.1. The number of nitrogens with one attached hydrogen (secondary N) is 1. The Bertz CT molecular complexity index is 1100. The number of rotatable bonds is 8. The molecule has 1 aromatic carbocycles. The van der Waals surface area contributed by atoms with E-state index in [-0.39, 0.29) is 36.7 Å². The molecule has 2 amide bonds. The lowest BCUT2D eigenvalue weighted by molar-refractivity contribution is 0.0677. The summed E-state index contributed by atoms with van der Waals surface area (Å²) in [6.07, 6.45) is 1.08. The molecule has 0 saturated heterocycles. The first-order valence-electron chi connectivity index (χ1n) is 9.33. The second-order valence-electron chi connectivity index (χ2n) is 6.78. The Kier molecular flexibility index (Phi) is 7.13. The number of amides is 2. The van der Waals surface area contributed by atoms with Crippen LogP contribution < -0.4 is 5.32 Å². The highest BCUT2D eigenvalue weighted by Crippen LogP contribution is 2.24. The summed E-state index contributed by atoms with van der Waals surface area (Å²) in [6, 6.07) is 3.48. The summed E-state index contributed by atoms with van der Waals surface area (Å²) in [6.45, 7) is 4.17. The van der Waals surface area contributed by atoms with Crippen LogP contribution in [-0.2, 0) is 11.3 Å². The van der Waals surface area contributed by atoms with Crippen LogP contribution in [0.5, 0.6) is 0 Å². The number of aromatic nitrogens is 1. The van der Waals surface area contributed by atoms with Crippen molar-refractivity contribution in [3.8, 4) is 0 Å². The molecule has 0 aliphatic heterocycles. The average molecular weight is 449 g/mol. The molecule has 3 aromatic rings. The van der Waals surface area contributed by atoms with Gasteiger partial charge in [0.05, 0.1) is 30.1 Å². The van der Waals surface area contributed by atoms with Crippen molar-refractivity contribution in [2.45, 2.75) is 20.4 Å². The first kappa shape index (κ1) is 22.6. The fourth-order valence-electron chi connectivity index (χ4n) is 2.87. The van der Waals surface area contributed by atoms with Gasteiger partial charge in [-0.25, -0.2) is 13.8 Å². The summed E-state index contributed by atoms with van der Waals surface area (Å²) in [5, 5.41) is 4.21. The number of methoxy groups -OCH3 is 1. The van der Waals surface area contributed by atoms with Gasteiger partial charge in [0.15, 0.2) is 6.39 Å². The maximum Gasteiger partial charge on any atom is 0.293 e. The first-order valence-corrected chi connectivity index (χ1v) is 10.2. The monoisotopic (exact) mass is 449 g/mol. The number of ether oxygens (including phenoxy) is 1. The van der Waals surface area contributed by atoms with Crippen molar-refractivity contribution in [3.63, 3.8) is 0 Å². The highest BCUT2D eigenvalue weighted by Gasteiger charge is 2.24. The molecule has 7 nitrogen and oxygen atoms in total. The van der Waals surface area contributed by atoms with E-state index in [0.717, 1.165) is 22.9 Å². The molecule has 2 aromatic heterocycles. The van der Waals surface area contributed by atoms with Crippen LogP contribution in [0.15, 0.2) is 34.4 Å². The normalized spacial score (nSPS) is 10.9. The van der Waals surface area contributed by atoms with Crippen LogP contribution in [0.1, 0.15) is 37.0 Å². The van der Waals surface area contributed by atoms with E-state index in [4.69, 9.17) is 9.15 Å². The Balaban J connectivity index is 1.89. The molecule has 0 spiro atoms. The first-order chi connectivity index (χ1) is 14.8. The molecule has 3 rings (SSSR count). The Labute approximate surface area is 181 Å². The molecule has 0 bridgehead atoms. The van der Waals surface area contributed by atoms with Crippen molar-refractivity contribution >= 4 is 28.8 Å². The number of carbonyl (C=O) groups is 2. The molecule has 0 unspecified atom stereocenters. The van der Waals surface area contributed by atoms with Gasteiger partial charge in [0.2, 0.25) is 5.76 Å². The summed E-state index contributed by atoms with van der Waals surface area (Å²) in [7, 11) is 1.50. The number of carbonyl (C=O) groups excluding carboxylic acids is 2. The number of halogens is 2. The molecule has 0 aliphatic rings. The van der Waals surface area contributed by atoms with Crippen molar-refractivity contribution in [3.05, 3.63) is 69.1 Å². The van der Waals surface area contributed by atoms with Gasteiger partial charge in [0.25, 0.3) is 11.8 Å². The topological polar surface area (TPSA) is 84.7 Å². The SMILES string of the molecule is COCCN(Cc1sccc1C)C(=O)c1cc(NC(=O)c2ocnc2C)c(F)cc1F. The van der Waals surface area contributed by atoms with Crippen LogP contribution in [0.25, 0.3) is 0 Å². The largest absolute Gasteiger partial charge is 0.438 e. The molecule has 0 atom stereocenters. The van der Waals surface area contributed by atoms with Crippen molar-refractivity contribution in [1.29, 1.82) is 0 Å². The van der Waals surface area contributed by atoms with Gasteiger partial charge in [-0.05, 0) is 36.9 Å². The van der Waals surface area contributed by atoms with Gasteiger partial charge in [-0.15, -0.1) is 11.3 Å². The van der Waals surface area contributed by atoms with E-state index < -0.39 is 23.4 Å². The van der Waals surface area contributed by atoms with Gasteiger partial charge in [-0.2, -0.15) is 0 Å². The third-order valence-corrected chi connectivity index (χ3v) is 5.65. The highest BCUT2D eigenvalue weighted by atomic mass is 32.1. The molecule has 0 aliphatic carbocycles. The third kappa shape index (κ3) is 5.15. The van der Waals surface area contributed by atoms with E-state index in [2.05, 4.69) is 10.3 Å². The zero-order valence-electron chi connectivity index (χ0n) is 17.2. The van der Waals surface area contributed by atoms with Crippen LogP contribution in [0, 0.1) is 25.5 Å². The van der Waals surface area contributed by atoms with E-state index in [0.29, 0.717) is 11.8 Å². The maximum absolute atomic E-state index is 14.5. The smallest absolute Gasteiger partial charge is 0.293 e. The lowest BCUT2D eigenvalue weighted by Gasteiger charge is -2.23. The van der Waals surface area contributed by atoms with E-state index in [9.17, 15) is 18.4 Å². The number of nitrogens with zero attached hydrogens (tertiary/aromatic N) is 2. The Hall–Kier alpha value is -3.11. The minimum absolute atomic E-state index is 0.105. The van der Waals surface area contributed by atoms with E-state index in [1.54, 1.807) is 6.92 Å². The minimum Gasteiger partial charge on any atom is -0.438 e. The zero-order valence-corrected chi connectivity index (χ0v) is 18.0. The molecule has 10 heteroatoms. The second kappa shape index (κ2) is 9.80. The minimum atomic E-state index is -1.03. The Morgan fingerprint density at radius 3 is 2.65 bits per heavy atom. The number of anilines is 1. The second-order valence-corrected chi connectivity index (χ2v) is 7.78. The summed E-state index contributed by atoms with van der Waals surface area (Å²) < 4.78 is 38.9. The number of oxazole rings is 1. The van der Waals surface area contributed by atoms with Gasteiger partial charge in [0.1, 0.15) is 11.6 Å². The number of aryl methyl sites for hydroxylation is 2. The van der Waals surface area contributed by atoms with Crippen LogP contribution in [-0.4, -0.2) is 42.0 Å². The van der Waals surface area contributed by atoms with Crippen LogP contribution >= 0.6 is 11.3 Å². The number of hydrogen-bond donors (Lipinski definition) is 1. The van der Waals surface area contributed by atoms with Gasteiger partial charge in [-0.3, -0.25) is 9.59 Å². The van der Waals surface area contributed by atoms with Gasteiger partial charge in [0, 0.05) is 24.6 Å².